The molecule has 0 atom stereocenters. The first-order chi connectivity index (χ1) is 10.7. The molecule has 22 heavy (non-hydrogen) atoms. The molecule has 0 bridgehead atoms. The Morgan fingerprint density at radius 1 is 1.18 bits per heavy atom. The number of hydrogen-bond acceptors (Lipinski definition) is 5. The lowest BCUT2D eigenvalue weighted by Crippen LogP contribution is -2.49. The Hall–Kier alpha value is -1.60. The second kappa shape index (κ2) is 5.24. The molecule has 0 radical (unpaired) electrons. The van der Waals surface area contributed by atoms with E-state index in [0.29, 0.717) is 13.0 Å². The molecule has 4 rings (SSSR count). The summed E-state index contributed by atoms with van der Waals surface area (Å²) in [6, 6.07) is 1.64. The summed E-state index contributed by atoms with van der Waals surface area (Å²) in [6.45, 7) is 2.45. The molecule has 3 aliphatic heterocycles. The second-order valence-corrected chi connectivity index (χ2v) is 7.28. The molecule has 7 heteroatoms. The highest BCUT2D eigenvalue weighted by Gasteiger charge is 2.39. The molecule has 0 aromatic carbocycles. The summed E-state index contributed by atoms with van der Waals surface area (Å²) in [4.78, 5) is 26.1. The number of carbonyl (C=O) groups excluding carboxylic acids is 2. The molecule has 2 fully saturated rings. The van der Waals surface area contributed by atoms with Gasteiger partial charge in [0, 0.05) is 23.9 Å². The number of urea groups is 1. The van der Waals surface area contributed by atoms with Crippen LogP contribution in [-0.2, 0) is 11.2 Å². The van der Waals surface area contributed by atoms with E-state index in [9.17, 15) is 9.59 Å². The van der Waals surface area contributed by atoms with Crippen molar-refractivity contribution in [2.45, 2.75) is 37.7 Å². The molecule has 2 saturated heterocycles. The van der Waals surface area contributed by atoms with Crippen molar-refractivity contribution in [3.05, 3.63) is 10.9 Å². The van der Waals surface area contributed by atoms with E-state index in [4.69, 9.17) is 4.74 Å². The van der Waals surface area contributed by atoms with Crippen molar-refractivity contribution in [3.8, 4) is 5.75 Å². The molecule has 0 unspecified atom stereocenters. The average Bonchev–Trinajstić information content (AvgIpc) is 2.90. The van der Waals surface area contributed by atoms with Gasteiger partial charge in [0.25, 0.3) is 0 Å². The SMILES string of the molecule is O=C1CCN(c2cc3c(s2)CCC2(CCNCC2)O3)C(=O)N1. The van der Waals surface area contributed by atoms with E-state index in [2.05, 4.69) is 10.6 Å². The maximum absolute atomic E-state index is 12.0. The van der Waals surface area contributed by atoms with Crippen molar-refractivity contribution < 1.29 is 14.3 Å². The maximum Gasteiger partial charge on any atom is 0.329 e. The molecule has 4 heterocycles. The molecule has 0 aliphatic carbocycles. The van der Waals surface area contributed by atoms with Gasteiger partial charge in [-0.3, -0.25) is 15.0 Å². The Morgan fingerprint density at radius 2 is 2.00 bits per heavy atom. The van der Waals surface area contributed by atoms with Gasteiger partial charge in [-0.05, 0) is 38.8 Å². The molecule has 3 aliphatic rings. The van der Waals surface area contributed by atoms with Crippen molar-refractivity contribution in [2.75, 3.05) is 24.5 Å². The standard InChI is InChI=1S/C15H19N3O3S/c19-12-2-8-18(14(20)17-12)13-9-10-11(22-13)1-3-15(21-10)4-6-16-7-5-15/h9,16H,1-8H2,(H,17,19,20). The Kier molecular flexibility index (Phi) is 3.34. The van der Waals surface area contributed by atoms with Gasteiger partial charge in [0.05, 0.1) is 0 Å². The van der Waals surface area contributed by atoms with Crippen molar-refractivity contribution in [1.82, 2.24) is 10.6 Å². The van der Waals surface area contributed by atoms with Gasteiger partial charge < -0.3 is 10.1 Å². The van der Waals surface area contributed by atoms with E-state index in [1.54, 1.807) is 16.2 Å². The van der Waals surface area contributed by atoms with Crippen LogP contribution < -0.4 is 20.3 Å². The normalized spacial score (nSPS) is 23.9. The lowest BCUT2D eigenvalue weighted by Gasteiger charge is -2.40. The van der Waals surface area contributed by atoms with Crippen LogP contribution in [-0.4, -0.2) is 37.2 Å². The van der Waals surface area contributed by atoms with Gasteiger partial charge in [0.1, 0.15) is 16.4 Å². The third-order valence-electron chi connectivity index (χ3n) is 4.73. The number of fused-ring (bicyclic) bond motifs is 1. The third-order valence-corrected chi connectivity index (χ3v) is 5.93. The van der Waals surface area contributed by atoms with Crippen LogP contribution in [0.4, 0.5) is 9.80 Å². The molecule has 6 nitrogen and oxygen atoms in total. The lowest BCUT2D eigenvalue weighted by atomic mass is 9.85. The van der Waals surface area contributed by atoms with Crippen LogP contribution in [0.1, 0.15) is 30.6 Å². The summed E-state index contributed by atoms with van der Waals surface area (Å²) in [5.41, 5.74) is -0.0310. The summed E-state index contributed by atoms with van der Waals surface area (Å²) >= 11 is 1.61. The van der Waals surface area contributed by atoms with E-state index in [1.807, 2.05) is 6.07 Å². The van der Waals surface area contributed by atoms with Crippen LogP contribution in [0.3, 0.4) is 0 Å². The number of aryl methyl sites for hydroxylation is 1. The number of carbonyl (C=O) groups is 2. The van der Waals surface area contributed by atoms with Gasteiger partial charge in [0.15, 0.2) is 0 Å². The number of ether oxygens (including phenoxy) is 1. The predicted octanol–water partition coefficient (Wildman–Crippen LogP) is 1.64. The van der Waals surface area contributed by atoms with Crippen molar-refractivity contribution in [2.24, 2.45) is 0 Å². The Balaban J connectivity index is 1.56. The summed E-state index contributed by atoms with van der Waals surface area (Å²) in [6.07, 6.45) is 4.48. The fourth-order valence-corrected chi connectivity index (χ4v) is 4.53. The smallest absolute Gasteiger partial charge is 0.329 e. The van der Waals surface area contributed by atoms with Crippen molar-refractivity contribution in [3.63, 3.8) is 0 Å². The first kappa shape index (κ1) is 14.0. The van der Waals surface area contributed by atoms with E-state index in [1.165, 1.54) is 4.88 Å². The van der Waals surface area contributed by atoms with Gasteiger partial charge in [0.2, 0.25) is 5.91 Å². The highest BCUT2D eigenvalue weighted by Crippen LogP contribution is 2.45. The Bertz CT molecular complexity index is 622. The monoisotopic (exact) mass is 321 g/mol. The number of thiophene rings is 1. The van der Waals surface area contributed by atoms with Gasteiger partial charge >= 0.3 is 6.03 Å². The van der Waals surface area contributed by atoms with Crippen LogP contribution in [0.5, 0.6) is 5.75 Å². The van der Waals surface area contributed by atoms with Gasteiger partial charge in [-0.15, -0.1) is 11.3 Å². The number of imide groups is 1. The number of nitrogens with one attached hydrogen (secondary N) is 2. The molecule has 118 valence electrons. The topological polar surface area (TPSA) is 70.7 Å². The van der Waals surface area contributed by atoms with Crippen LogP contribution in [0.15, 0.2) is 6.07 Å². The minimum atomic E-state index is -0.327. The summed E-state index contributed by atoms with van der Waals surface area (Å²) < 4.78 is 6.33. The summed E-state index contributed by atoms with van der Waals surface area (Å²) in [5.74, 6) is 0.727. The number of piperidine rings is 1. The van der Waals surface area contributed by atoms with Crippen molar-refractivity contribution >= 4 is 28.3 Å². The van der Waals surface area contributed by atoms with Crippen LogP contribution in [0.25, 0.3) is 0 Å². The average molecular weight is 321 g/mol. The van der Waals surface area contributed by atoms with E-state index >= 15 is 0 Å². The number of nitrogens with zero attached hydrogens (tertiary/aromatic N) is 1. The fourth-order valence-electron chi connectivity index (χ4n) is 3.43. The number of hydrogen-bond donors (Lipinski definition) is 2. The van der Waals surface area contributed by atoms with E-state index in [0.717, 1.165) is 49.5 Å². The molecular weight excluding hydrogens is 302 g/mol. The zero-order chi connectivity index (χ0) is 15.2. The molecule has 1 aromatic rings. The quantitative estimate of drug-likeness (QED) is 0.825. The maximum atomic E-state index is 12.0. The Labute approximate surface area is 132 Å². The minimum absolute atomic E-state index is 0.0310. The van der Waals surface area contributed by atoms with Crippen LogP contribution in [0, 0.1) is 0 Å². The van der Waals surface area contributed by atoms with Crippen LogP contribution >= 0.6 is 11.3 Å². The molecular formula is C15H19N3O3S. The molecule has 3 amide bonds. The lowest BCUT2D eigenvalue weighted by molar-refractivity contribution is -0.120. The highest BCUT2D eigenvalue weighted by molar-refractivity contribution is 7.16. The largest absolute Gasteiger partial charge is 0.486 e. The first-order valence-electron chi connectivity index (χ1n) is 7.79. The molecule has 1 spiro atoms. The fraction of sp³-hybridized carbons (Fsp3) is 0.600. The van der Waals surface area contributed by atoms with Gasteiger partial charge in [-0.1, -0.05) is 0 Å². The van der Waals surface area contributed by atoms with Gasteiger partial charge in [-0.2, -0.15) is 0 Å². The number of anilines is 1. The number of rotatable bonds is 1. The van der Waals surface area contributed by atoms with Gasteiger partial charge in [-0.25, -0.2) is 4.79 Å². The second-order valence-electron chi connectivity index (χ2n) is 6.16. The summed E-state index contributed by atoms with van der Waals surface area (Å²) in [7, 11) is 0. The zero-order valence-electron chi connectivity index (χ0n) is 12.3. The third kappa shape index (κ3) is 2.38. The molecule has 2 N–H and O–H groups in total. The summed E-state index contributed by atoms with van der Waals surface area (Å²) in [5, 5.41) is 6.62. The molecule has 1 aromatic heterocycles. The van der Waals surface area contributed by atoms with Crippen molar-refractivity contribution in [1.29, 1.82) is 0 Å². The Morgan fingerprint density at radius 3 is 2.77 bits per heavy atom. The molecule has 0 saturated carbocycles. The highest BCUT2D eigenvalue weighted by atomic mass is 32.1. The first-order valence-corrected chi connectivity index (χ1v) is 8.61. The predicted molar refractivity (Wildman–Crippen MR) is 83.6 cm³/mol. The number of amides is 3. The van der Waals surface area contributed by atoms with Crippen LogP contribution in [0.2, 0.25) is 0 Å². The van der Waals surface area contributed by atoms with E-state index in [-0.39, 0.29) is 17.5 Å². The minimum Gasteiger partial charge on any atom is -0.486 e. The van der Waals surface area contributed by atoms with E-state index < -0.39 is 0 Å². The zero-order valence-corrected chi connectivity index (χ0v) is 13.1.